The van der Waals surface area contributed by atoms with Crippen LogP contribution in [0.2, 0.25) is 0 Å². The van der Waals surface area contributed by atoms with Gasteiger partial charge in [-0.2, -0.15) is 0 Å². The predicted octanol–water partition coefficient (Wildman–Crippen LogP) is 4.27. The highest BCUT2D eigenvalue weighted by molar-refractivity contribution is 5.74. The Kier molecular flexibility index (Phi) is 7.87. The number of anilines is 2. The van der Waals surface area contributed by atoms with Crippen molar-refractivity contribution in [2.75, 3.05) is 30.8 Å². The van der Waals surface area contributed by atoms with Crippen LogP contribution in [0.3, 0.4) is 0 Å². The molecule has 0 saturated carbocycles. The fourth-order valence-corrected chi connectivity index (χ4v) is 4.60. The van der Waals surface area contributed by atoms with Crippen molar-refractivity contribution in [2.45, 2.75) is 45.2 Å². The van der Waals surface area contributed by atoms with E-state index in [-0.39, 0.29) is 5.75 Å². The van der Waals surface area contributed by atoms with E-state index >= 15 is 0 Å². The fourth-order valence-electron chi connectivity index (χ4n) is 4.60. The number of nitrogens with zero attached hydrogens (tertiary/aromatic N) is 5. The summed E-state index contributed by atoms with van der Waals surface area (Å²) in [5.74, 6) is 0.598. The van der Waals surface area contributed by atoms with Gasteiger partial charge in [0.25, 0.3) is 0 Å². The molecular formula is C25H34N6O. The molecule has 1 aromatic heterocycles. The number of piperidine rings is 1. The van der Waals surface area contributed by atoms with Crippen molar-refractivity contribution in [3.63, 3.8) is 0 Å². The van der Waals surface area contributed by atoms with Crippen LogP contribution in [0.25, 0.3) is 11.3 Å². The molecular weight excluding hydrogens is 400 g/mol. The minimum atomic E-state index is 0.183. The zero-order chi connectivity index (χ0) is 23.1. The smallest absolute Gasteiger partial charge is 0.169 e. The maximum absolute atomic E-state index is 10.2. The fraction of sp³-hybridized carbons (Fsp3) is 0.400. The summed E-state index contributed by atoms with van der Waals surface area (Å²) in [6.07, 6.45) is 9.23. The van der Waals surface area contributed by atoms with Gasteiger partial charge in [-0.1, -0.05) is 32.6 Å². The molecule has 3 heterocycles. The molecule has 2 atom stereocenters. The molecule has 0 amide bonds. The molecule has 7 heteroatoms. The lowest BCUT2D eigenvalue weighted by Gasteiger charge is -2.52. The van der Waals surface area contributed by atoms with Crippen LogP contribution in [0.15, 0.2) is 59.8 Å². The number of rotatable bonds is 5. The third-order valence-electron chi connectivity index (χ3n) is 5.95. The van der Waals surface area contributed by atoms with E-state index < -0.39 is 0 Å². The Bertz CT molecular complexity index is 972. The normalized spacial score (nSPS) is 20.7. The maximum atomic E-state index is 10.2. The van der Waals surface area contributed by atoms with E-state index in [1.165, 1.54) is 6.42 Å². The van der Waals surface area contributed by atoms with Gasteiger partial charge < -0.3 is 20.6 Å². The van der Waals surface area contributed by atoms with Gasteiger partial charge in [0.15, 0.2) is 5.82 Å². The number of benzene rings is 1. The largest absolute Gasteiger partial charge is 0.507 e. The summed E-state index contributed by atoms with van der Waals surface area (Å²) in [4.78, 5) is 8.90. The number of aromatic hydroxyl groups is 1. The molecule has 0 aliphatic carbocycles. The Morgan fingerprint density at radius 3 is 2.50 bits per heavy atom. The van der Waals surface area contributed by atoms with Crippen molar-refractivity contribution in [2.24, 2.45) is 4.99 Å². The second kappa shape index (κ2) is 10.8. The monoisotopic (exact) mass is 434 g/mol. The average Bonchev–Trinajstić information content (AvgIpc) is 2.81. The van der Waals surface area contributed by atoms with Gasteiger partial charge >= 0.3 is 0 Å². The van der Waals surface area contributed by atoms with Gasteiger partial charge in [0, 0.05) is 49.7 Å². The van der Waals surface area contributed by atoms with E-state index in [0.29, 0.717) is 29.2 Å². The number of piperazine rings is 1. The summed E-state index contributed by atoms with van der Waals surface area (Å²) in [5, 5.41) is 18.6. The Balaban J connectivity index is 0.00000141. The molecule has 0 spiro atoms. The Labute approximate surface area is 191 Å². The minimum absolute atomic E-state index is 0.183. The molecule has 0 radical (unpaired) electrons. The van der Waals surface area contributed by atoms with Gasteiger partial charge in [-0.15, -0.1) is 10.2 Å². The number of fused-ring (bicyclic) bond motifs is 2. The predicted molar refractivity (Wildman–Crippen MR) is 133 cm³/mol. The van der Waals surface area contributed by atoms with Crippen LogP contribution in [0.4, 0.5) is 11.5 Å². The molecule has 2 fully saturated rings. The molecule has 1 aromatic carbocycles. The Morgan fingerprint density at radius 2 is 1.88 bits per heavy atom. The van der Waals surface area contributed by atoms with Crippen molar-refractivity contribution >= 4 is 17.7 Å². The van der Waals surface area contributed by atoms with Crippen molar-refractivity contribution in [3.05, 3.63) is 54.8 Å². The van der Waals surface area contributed by atoms with Gasteiger partial charge in [-0.25, -0.2) is 0 Å². The number of nitrogen functional groups attached to an aromatic ring is 1. The first-order valence-electron chi connectivity index (χ1n) is 11.3. The number of para-hydroxylation sites is 1. The van der Waals surface area contributed by atoms with Gasteiger partial charge in [0.05, 0.1) is 11.4 Å². The van der Waals surface area contributed by atoms with Crippen LogP contribution in [0.5, 0.6) is 5.75 Å². The van der Waals surface area contributed by atoms with Gasteiger partial charge in [-0.3, -0.25) is 4.99 Å². The van der Waals surface area contributed by atoms with Crippen LogP contribution in [0.1, 0.15) is 33.1 Å². The maximum Gasteiger partial charge on any atom is 0.169 e. The number of hydrogen-bond acceptors (Lipinski definition) is 7. The molecule has 32 heavy (non-hydrogen) atoms. The standard InChI is InChI=1S/C23H28N6O.C2H6/c1-3-16(11-12-25-2)29-17-7-6-8-18(29)15-28(14-17)21-13-20(26-27-23(21)24)19-9-4-5-10-22(19)30;1-2/h3-5,9-13,17-18,30H,1,6-8,14-15H2,2H3,(H2,24,27);1-2H3/b16-11+,25-12?;. The molecule has 2 saturated heterocycles. The molecule has 4 rings (SSSR count). The molecule has 3 N–H and O–H groups in total. The van der Waals surface area contributed by atoms with E-state index in [2.05, 4.69) is 31.6 Å². The highest BCUT2D eigenvalue weighted by Crippen LogP contribution is 2.37. The summed E-state index contributed by atoms with van der Waals surface area (Å²) in [5.41, 5.74) is 9.50. The van der Waals surface area contributed by atoms with E-state index in [0.717, 1.165) is 37.3 Å². The number of aromatic nitrogens is 2. The van der Waals surface area contributed by atoms with Crippen LogP contribution in [0, 0.1) is 0 Å². The number of aliphatic imine (C=N–C) groups is 1. The minimum Gasteiger partial charge on any atom is -0.507 e. The lowest BCUT2D eigenvalue weighted by atomic mass is 9.90. The van der Waals surface area contributed by atoms with Crippen LogP contribution < -0.4 is 10.6 Å². The Hall–Kier alpha value is -3.35. The van der Waals surface area contributed by atoms with Crippen LogP contribution >= 0.6 is 0 Å². The quantitative estimate of drug-likeness (QED) is 0.539. The van der Waals surface area contributed by atoms with Gasteiger partial charge in [0.1, 0.15) is 5.75 Å². The highest BCUT2D eigenvalue weighted by atomic mass is 16.3. The number of allylic oxidation sites excluding steroid dienone is 2. The third kappa shape index (κ3) is 4.77. The van der Waals surface area contributed by atoms with Crippen molar-refractivity contribution in [3.8, 4) is 17.0 Å². The lowest BCUT2D eigenvalue weighted by molar-refractivity contribution is 0.108. The van der Waals surface area contributed by atoms with Crippen LogP contribution in [-0.4, -0.2) is 58.6 Å². The van der Waals surface area contributed by atoms with Crippen molar-refractivity contribution in [1.29, 1.82) is 0 Å². The topological polar surface area (TPSA) is 90.9 Å². The van der Waals surface area contributed by atoms with Gasteiger partial charge in [0.2, 0.25) is 0 Å². The summed E-state index contributed by atoms with van der Waals surface area (Å²) in [6, 6.07) is 9.83. The van der Waals surface area contributed by atoms with E-state index in [1.807, 2.05) is 50.4 Å². The summed E-state index contributed by atoms with van der Waals surface area (Å²) < 4.78 is 0. The van der Waals surface area contributed by atoms with E-state index in [1.54, 1.807) is 19.2 Å². The molecule has 2 bridgehead atoms. The Morgan fingerprint density at radius 1 is 1.19 bits per heavy atom. The average molecular weight is 435 g/mol. The molecule has 2 aromatic rings. The van der Waals surface area contributed by atoms with Crippen molar-refractivity contribution in [1.82, 2.24) is 15.1 Å². The van der Waals surface area contributed by atoms with E-state index in [4.69, 9.17) is 5.73 Å². The number of nitrogens with two attached hydrogens (primary N) is 1. The summed E-state index contributed by atoms with van der Waals surface area (Å²) >= 11 is 0. The van der Waals surface area contributed by atoms with Crippen LogP contribution in [-0.2, 0) is 0 Å². The SMILES string of the molecule is C=C/C(=C\C=NC)N1C2CCCC1CN(c1cc(-c3ccccc3O)nnc1N)C2.CC. The van der Waals surface area contributed by atoms with Crippen molar-refractivity contribution < 1.29 is 5.11 Å². The second-order valence-electron chi connectivity index (χ2n) is 7.77. The number of hydrogen-bond donors (Lipinski definition) is 2. The molecule has 7 nitrogen and oxygen atoms in total. The molecule has 2 aliphatic rings. The third-order valence-corrected chi connectivity index (χ3v) is 5.95. The van der Waals surface area contributed by atoms with Gasteiger partial charge in [-0.05, 0) is 49.6 Å². The number of phenolic OH excluding ortho intramolecular Hbond substituents is 1. The zero-order valence-electron chi connectivity index (χ0n) is 19.3. The second-order valence-corrected chi connectivity index (χ2v) is 7.77. The first-order valence-corrected chi connectivity index (χ1v) is 11.3. The summed E-state index contributed by atoms with van der Waals surface area (Å²) in [6.45, 7) is 9.71. The number of phenols is 1. The van der Waals surface area contributed by atoms with E-state index in [9.17, 15) is 5.11 Å². The molecule has 2 unspecified atom stereocenters. The first kappa shape index (κ1) is 23.3. The zero-order valence-corrected chi connectivity index (χ0v) is 19.3. The summed E-state index contributed by atoms with van der Waals surface area (Å²) in [7, 11) is 1.78. The molecule has 2 aliphatic heterocycles. The highest BCUT2D eigenvalue weighted by Gasteiger charge is 2.38. The lowest BCUT2D eigenvalue weighted by Crippen LogP contribution is -2.60. The first-order chi connectivity index (χ1) is 15.6. The molecule has 170 valence electrons.